The Hall–Kier alpha value is -3.12. The maximum atomic E-state index is 14.1. The molecule has 0 N–H and O–H groups in total. The second-order valence-corrected chi connectivity index (χ2v) is 10.2. The molecule has 2 aromatic rings. The van der Waals surface area contributed by atoms with E-state index in [2.05, 4.69) is 0 Å². The quantitative estimate of drug-likeness (QED) is 0.468. The number of carbonyl (C=O) groups excluding carboxylic acids is 1. The highest BCUT2D eigenvalue weighted by Crippen LogP contribution is 2.30. The average molecular weight is 495 g/mol. The number of anilines is 1. The minimum absolute atomic E-state index is 0.0308. The first-order valence-electron chi connectivity index (χ1n) is 11.0. The van der Waals surface area contributed by atoms with Crippen molar-refractivity contribution in [3.63, 3.8) is 0 Å². The summed E-state index contributed by atoms with van der Waals surface area (Å²) in [5.74, 6) is -2.48. The lowest BCUT2D eigenvalue weighted by Gasteiger charge is -2.35. The smallest absolute Gasteiger partial charge is 0.270 e. The second kappa shape index (κ2) is 9.63. The highest BCUT2D eigenvalue weighted by molar-refractivity contribution is 7.89. The molecule has 0 atom stereocenters. The van der Waals surface area contributed by atoms with Crippen LogP contribution in [-0.2, 0) is 10.0 Å². The zero-order valence-corrected chi connectivity index (χ0v) is 19.1. The van der Waals surface area contributed by atoms with E-state index in [9.17, 15) is 32.1 Å². The van der Waals surface area contributed by atoms with Gasteiger partial charge < -0.3 is 9.80 Å². The van der Waals surface area contributed by atoms with E-state index in [4.69, 9.17) is 0 Å². The van der Waals surface area contributed by atoms with E-state index in [0.29, 0.717) is 11.8 Å². The molecule has 34 heavy (non-hydrogen) atoms. The fourth-order valence-corrected chi connectivity index (χ4v) is 5.81. The monoisotopic (exact) mass is 494 g/mol. The zero-order chi connectivity index (χ0) is 24.5. The first-order chi connectivity index (χ1) is 16.2. The molecular formula is C22H24F2N4O5S. The highest BCUT2D eigenvalue weighted by atomic mass is 32.2. The van der Waals surface area contributed by atoms with E-state index >= 15 is 0 Å². The van der Waals surface area contributed by atoms with Gasteiger partial charge in [-0.15, -0.1) is 0 Å². The van der Waals surface area contributed by atoms with Gasteiger partial charge in [0.15, 0.2) is 0 Å². The van der Waals surface area contributed by atoms with Crippen molar-refractivity contribution in [1.82, 2.24) is 9.21 Å². The molecule has 2 aliphatic rings. The molecule has 1 amide bonds. The number of benzene rings is 2. The molecule has 2 aromatic carbocycles. The minimum Gasteiger partial charge on any atom is -0.371 e. The minimum atomic E-state index is -4.21. The normalized spacial score (nSPS) is 17.6. The van der Waals surface area contributed by atoms with Gasteiger partial charge in [0, 0.05) is 57.5 Å². The lowest BCUT2D eigenvalue weighted by molar-refractivity contribution is -0.384. The van der Waals surface area contributed by atoms with Crippen molar-refractivity contribution in [2.24, 2.45) is 0 Å². The van der Waals surface area contributed by atoms with Gasteiger partial charge in [-0.25, -0.2) is 17.2 Å². The Morgan fingerprint density at radius 3 is 2.21 bits per heavy atom. The number of nitro groups is 1. The van der Waals surface area contributed by atoms with Gasteiger partial charge in [-0.2, -0.15) is 4.31 Å². The molecule has 2 saturated heterocycles. The third kappa shape index (κ3) is 4.73. The van der Waals surface area contributed by atoms with E-state index in [0.717, 1.165) is 48.8 Å². The largest absolute Gasteiger partial charge is 0.371 e. The van der Waals surface area contributed by atoms with Crippen LogP contribution in [-0.4, -0.2) is 67.7 Å². The van der Waals surface area contributed by atoms with E-state index in [1.807, 2.05) is 4.90 Å². The fourth-order valence-electron chi connectivity index (χ4n) is 4.34. The van der Waals surface area contributed by atoms with Gasteiger partial charge in [-0.05, 0) is 37.5 Å². The molecule has 4 rings (SSSR count). The van der Waals surface area contributed by atoms with Crippen molar-refractivity contribution in [2.45, 2.75) is 24.2 Å². The van der Waals surface area contributed by atoms with Gasteiger partial charge in [0.05, 0.1) is 16.2 Å². The lowest BCUT2D eigenvalue weighted by Crippen LogP contribution is -2.50. The van der Waals surface area contributed by atoms with E-state index in [1.54, 1.807) is 6.07 Å². The molecule has 2 aliphatic heterocycles. The number of sulfonamides is 1. The third-order valence-electron chi connectivity index (χ3n) is 6.16. The van der Waals surface area contributed by atoms with Crippen LogP contribution in [0.1, 0.15) is 29.6 Å². The number of carbonyl (C=O) groups is 1. The fraction of sp³-hybridized carbons (Fsp3) is 0.409. The van der Waals surface area contributed by atoms with E-state index in [1.165, 1.54) is 17.0 Å². The Morgan fingerprint density at radius 2 is 1.59 bits per heavy atom. The van der Waals surface area contributed by atoms with Crippen molar-refractivity contribution < 1.29 is 26.9 Å². The molecule has 0 bridgehead atoms. The predicted octanol–water partition coefficient (Wildman–Crippen LogP) is 3.01. The van der Waals surface area contributed by atoms with Crippen molar-refractivity contribution in [1.29, 1.82) is 0 Å². The second-order valence-electron chi connectivity index (χ2n) is 8.28. The van der Waals surface area contributed by atoms with Gasteiger partial charge in [-0.1, -0.05) is 0 Å². The summed E-state index contributed by atoms with van der Waals surface area (Å²) in [6.07, 6.45) is 3.00. The Bertz CT molecular complexity index is 1210. The summed E-state index contributed by atoms with van der Waals surface area (Å²) in [6.45, 7) is 1.38. The molecule has 0 saturated carbocycles. The van der Waals surface area contributed by atoms with E-state index in [-0.39, 0.29) is 37.4 Å². The van der Waals surface area contributed by atoms with Crippen LogP contribution in [0, 0.1) is 21.7 Å². The highest BCUT2D eigenvalue weighted by Gasteiger charge is 2.33. The summed E-state index contributed by atoms with van der Waals surface area (Å²) >= 11 is 0. The maximum Gasteiger partial charge on any atom is 0.270 e. The topological polar surface area (TPSA) is 104 Å². The number of piperazine rings is 1. The summed E-state index contributed by atoms with van der Waals surface area (Å²) in [6, 6.07) is 6.50. The Kier molecular flexibility index (Phi) is 6.80. The first kappa shape index (κ1) is 24.0. The van der Waals surface area contributed by atoms with Crippen molar-refractivity contribution in [2.75, 3.05) is 44.2 Å². The number of hydrogen-bond donors (Lipinski definition) is 0. The number of rotatable bonds is 5. The summed E-state index contributed by atoms with van der Waals surface area (Å²) in [4.78, 5) is 27.0. The number of hydrogen-bond acceptors (Lipinski definition) is 6. The van der Waals surface area contributed by atoms with Crippen LogP contribution >= 0.6 is 0 Å². The molecule has 0 aromatic heterocycles. The SMILES string of the molecule is O=C(c1cc([N+](=O)[O-])ccc1N1CCCCC1)N1CCN(S(=O)(=O)c2ccc(F)cc2F)CC1. The average Bonchev–Trinajstić information content (AvgIpc) is 2.83. The molecule has 9 nitrogen and oxygen atoms in total. The van der Waals surface area contributed by atoms with Crippen LogP contribution in [0.25, 0.3) is 0 Å². The molecule has 0 spiro atoms. The third-order valence-corrected chi connectivity index (χ3v) is 8.09. The lowest BCUT2D eigenvalue weighted by atomic mass is 10.0. The molecule has 2 fully saturated rings. The van der Waals surface area contributed by atoms with Crippen LogP contribution in [0.15, 0.2) is 41.3 Å². The molecule has 12 heteroatoms. The van der Waals surface area contributed by atoms with Crippen LogP contribution in [0.3, 0.4) is 0 Å². The van der Waals surface area contributed by atoms with Gasteiger partial charge in [-0.3, -0.25) is 14.9 Å². The summed E-state index contributed by atoms with van der Waals surface area (Å²) in [5.41, 5.74) is 0.632. The number of non-ortho nitro benzene ring substituents is 1. The summed E-state index contributed by atoms with van der Waals surface area (Å²) in [7, 11) is -4.21. The van der Waals surface area contributed by atoms with Crippen molar-refractivity contribution in [3.8, 4) is 0 Å². The zero-order valence-electron chi connectivity index (χ0n) is 18.3. The summed E-state index contributed by atoms with van der Waals surface area (Å²) < 4.78 is 54.0. The van der Waals surface area contributed by atoms with Crippen molar-refractivity contribution in [3.05, 3.63) is 63.7 Å². The molecule has 0 aliphatic carbocycles. The number of piperidine rings is 1. The van der Waals surface area contributed by atoms with Crippen LogP contribution < -0.4 is 4.90 Å². The molecule has 0 radical (unpaired) electrons. The number of nitro benzene ring substituents is 1. The van der Waals surface area contributed by atoms with Gasteiger partial charge in [0.1, 0.15) is 16.5 Å². The van der Waals surface area contributed by atoms with Crippen molar-refractivity contribution >= 4 is 27.3 Å². The van der Waals surface area contributed by atoms with E-state index < -0.39 is 37.4 Å². The number of nitrogens with zero attached hydrogens (tertiary/aromatic N) is 4. The van der Waals surface area contributed by atoms with Gasteiger partial charge >= 0.3 is 0 Å². The molecule has 182 valence electrons. The van der Waals surface area contributed by atoms with Gasteiger partial charge in [0.2, 0.25) is 10.0 Å². The standard InChI is InChI=1S/C22H24F2N4O5S/c23-16-4-7-21(19(24)14-16)34(32,33)27-12-10-26(11-13-27)22(29)18-15-17(28(30)31)5-6-20(18)25-8-2-1-3-9-25/h4-7,14-15H,1-3,8-13H2. The van der Waals surface area contributed by atoms with Crippen LogP contribution in [0.5, 0.6) is 0 Å². The Balaban J connectivity index is 1.54. The van der Waals surface area contributed by atoms with Crippen LogP contribution in [0.4, 0.5) is 20.2 Å². The molecule has 2 heterocycles. The van der Waals surface area contributed by atoms with Crippen LogP contribution in [0.2, 0.25) is 0 Å². The maximum absolute atomic E-state index is 14.1. The number of halogens is 2. The Labute approximate surface area is 195 Å². The Morgan fingerprint density at radius 1 is 0.912 bits per heavy atom. The van der Waals surface area contributed by atoms with Gasteiger partial charge in [0.25, 0.3) is 11.6 Å². The first-order valence-corrected chi connectivity index (χ1v) is 12.4. The summed E-state index contributed by atoms with van der Waals surface area (Å²) in [5, 5.41) is 11.3. The number of amides is 1. The predicted molar refractivity (Wildman–Crippen MR) is 120 cm³/mol. The molecule has 0 unspecified atom stereocenters. The molecular weight excluding hydrogens is 470 g/mol.